The van der Waals surface area contributed by atoms with E-state index in [1.165, 1.54) is 27.7 Å². The van der Waals surface area contributed by atoms with Gasteiger partial charge in [0.1, 0.15) is 5.75 Å². The van der Waals surface area contributed by atoms with Crippen LogP contribution in [0.25, 0.3) is 10.9 Å². The molecule has 1 N–H and O–H groups in total. The number of methoxy groups -OCH3 is 1. The molecule has 2 aromatic rings. The molecule has 0 amide bonds. The quantitative estimate of drug-likeness (QED) is 0.732. The fourth-order valence-electron chi connectivity index (χ4n) is 2.06. The van der Waals surface area contributed by atoms with Crippen LogP contribution in [-0.2, 0) is 0 Å². The van der Waals surface area contributed by atoms with E-state index in [4.69, 9.17) is 4.74 Å². The summed E-state index contributed by atoms with van der Waals surface area (Å²) >= 11 is 0. The third-order valence-corrected chi connectivity index (χ3v) is 2.63. The molecular formula is C12H15NO. The van der Waals surface area contributed by atoms with Gasteiger partial charge in [0.05, 0.1) is 12.6 Å². The molecule has 0 fully saturated rings. The molecule has 2 heteroatoms. The van der Waals surface area contributed by atoms with E-state index in [0.717, 1.165) is 5.75 Å². The van der Waals surface area contributed by atoms with Crippen molar-refractivity contribution >= 4 is 10.9 Å². The van der Waals surface area contributed by atoms with Crippen molar-refractivity contribution in [1.82, 2.24) is 4.98 Å². The molecule has 0 unspecified atom stereocenters. The summed E-state index contributed by atoms with van der Waals surface area (Å²) in [5, 5.41) is 1.26. The third-order valence-electron chi connectivity index (χ3n) is 2.63. The number of ether oxygens (including phenoxy) is 1. The molecule has 1 heterocycles. The molecule has 74 valence electrons. The number of hydrogen-bond acceptors (Lipinski definition) is 1. The summed E-state index contributed by atoms with van der Waals surface area (Å²) in [5.74, 6) is 0.986. The maximum atomic E-state index is 5.37. The van der Waals surface area contributed by atoms with Crippen LogP contribution < -0.4 is 4.74 Å². The van der Waals surface area contributed by atoms with Crippen molar-refractivity contribution in [3.63, 3.8) is 0 Å². The van der Waals surface area contributed by atoms with Gasteiger partial charge in [-0.15, -0.1) is 0 Å². The maximum absolute atomic E-state index is 5.37. The normalized spacial score (nSPS) is 10.9. The number of fused-ring (bicyclic) bond motifs is 1. The van der Waals surface area contributed by atoms with E-state index in [9.17, 15) is 0 Å². The highest BCUT2D eigenvalue weighted by Gasteiger charge is 2.09. The molecule has 0 radical (unpaired) electrons. The van der Waals surface area contributed by atoms with Gasteiger partial charge in [0, 0.05) is 16.6 Å². The fourth-order valence-corrected chi connectivity index (χ4v) is 2.06. The molecule has 0 spiro atoms. The van der Waals surface area contributed by atoms with Crippen molar-refractivity contribution in [2.24, 2.45) is 0 Å². The number of rotatable bonds is 1. The van der Waals surface area contributed by atoms with Crippen LogP contribution in [0.4, 0.5) is 0 Å². The van der Waals surface area contributed by atoms with E-state index < -0.39 is 0 Å². The predicted octanol–water partition coefficient (Wildman–Crippen LogP) is 3.10. The van der Waals surface area contributed by atoms with Gasteiger partial charge in [0.25, 0.3) is 0 Å². The number of benzene rings is 1. The van der Waals surface area contributed by atoms with Crippen molar-refractivity contribution < 1.29 is 4.74 Å². The molecule has 1 aromatic heterocycles. The Bertz CT molecular complexity index is 483. The molecule has 0 saturated heterocycles. The van der Waals surface area contributed by atoms with Crippen LogP contribution in [0.1, 0.15) is 16.8 Å². The highest BCUT2D eigenvalue weighted by atomic mass is 16.5. The predicted molar refractivity (Wildman–Crippen MR) is 59.1 cm³/mol. The second-order valence-corrected chi connectivity index (χ2v) is 3.77. The summed E-state index contributed by atoms with van der Waals surface area (Å²) in [5.41, 5.74) is 4.76. The van der Waals surface area contributed by atoms with E-state index in [0.29, 0.717) is 0 Å². The zero-order valence-electron chi connectivity index (χ0n) is 9.06. The van der Waals surface area contributed by atoms with Crippen LogP contribution in [0.3, 0.4) is 0 Å². The summed E-state index contributed by atoms with van der Waals surface area (Å²) < 4.78 is 5.37. The second-order valence-electron chi connectivity index (χ2n) is 3.77. The largest absolute Gasteiger partial charge is 0.496 e. The third kappa shape index (κ3) is 1.18. The monoisotopic (exact) mass is 189 g/mol. The van der Waals surface area contributed by atoms with Crippen LogP contribution >= 0.6 is 0 Å². The molecule has 0 saturated carbocycles. The van der Waals surface area contributed by atoms with Gasteiger partial charge in [-0.05, 0) is 38.5 Å². The van der Waals surface area contributed by atoms with Crippen LogP contribution in [0.5, 0.6) is 5.75 Å². The van der Waals surface area contributed by atoms with Gasteiger partial charge in [-0.1, -0.05) is 0 Å². The highest BCUT2D eigenvalue weighted by molar-refractivity contribution is 5.86. The van der Waals surface area contributed by atoms with Crippen LogP contribution in [0, 0.1) is 20.8 Å². The molecule has 2 rings (SSSR count). The number of nitrogens with one attached hydrogen (secondary N) is 1. The summed E-state index contributed by atoms with van der Waals surface area (Å²) in [6.07, 6.45) is 0. The Morgan fingerprint density at radius 3 is 2.50 bits per heavy atom. The number of H-pyrrole nitrogens is 1. The molecule has 14 heavy (non-hydrogen) atoms. The molecular weight excluding hydrogens is 174 g/mol. The zero-order valence-corrected chi connectivity index (χ0v) is 9.06. The summed E-state index contributed by atoms with van der Waals surface area (Å²) in [6, 6.07) is 4.32. The van der Waals surface area contributed by atoms with Gasteiger partial charge < -0.3 is 9.72 Å². The van der Waals surface area contributed by atoms with E-state index in [2.05, 4.69) is 37.9 Å². The average molecular weight is 189 g/mol. The van der Waals surface area contributed by atoms with E-state index in [1.54, 1.807) is 7.11 Å². The zero-order chi connectivity index (χ0) is 10.3. The first-order chi connectivity index (χ1) is 6.63. The van der Waals surface area contributed by atoms with Crippen LogP contribution in [-0.4, -0.2) is 12.1 Å². The number of aryl methyl sites for hydroxylation is 3. The van der Waals surface area contributed by atoms with Gasteiger partial charge >= 0.3 is 0 Å². The number of aromatic amines is 1. The summed E-state index contributed by atoms with van der Waals surface area (Å²) in [6.45, 7) is 6.24. The highest BCUT2D eigenvalue weighted by Crippen LogP contribution is 2.30. The standard InChI is InChI=1S/C12H15NO/c1-7-5-10-6-8(2)13-11(10)9(3)12(7)14-4/h5-6,13H,1-4H3. The smallest absolute Gasteiger partial charge is 0.126 e. The molecule has 0 bridgehead atoms. The SMILES string of the molecule is COc1c(C)cc2cc(C)[nH]c2c1C. The van der Waals surface area contributed by atoms with Gasteiger partial charge in [0.15, 0.2) is 0 Å². The second kappa shape index (κ2) is 3.05. The molecule has 0 aliphatic rings. The van der Waals surface area contributed by atoms with Crippen molar-refractivity contribution in [2.45, 2.75) is 20.8 Å². The minimum absolute atomic E-state index is 0.986. The Hall–Kier alpha value is -1.44. The molecule has 1 aromatic carbocycles. The van der Waals surface area contributed by atoms with Gasteiger partial charge in [0.2, 0.25) is 0 Å². The lowest BCUT2D eigenvalue weighted by molar-refractivity contribution is 0.409. The lowest BCUT2D eigenvalue weighted by atomic mass is 10.1. The first-order valence-electron chi connectivity index (χ1n) is 4.77. The Morgan fingerprint density at radius 1 is 1.14 bits per heavy atom. The lowest BCUT2D eigenvalue weighted by Gasteiger charge is -2.08. The fraction of sp³-hybridized carbons (Fsp3) is 0.333. The van der Waals surface area contributed by atoms with Gasteiger partial charge in [-0.3, -0.25) is 0 Å². The van der Waals surface area contributed by atoms with Crippen molar-refractivity contribution in [3.05, 3.63) is 29.0 Å². The molecule has 0 aliphatic carbocycles. The number of aromatic nitrogens is 1. The van der Waals surface area contributed by atoms with Crippen LogP contribution in [0.2, 0.25) is 0 Å². The molecule has 2 nitrogen and oxygen atoms in total. The minimum atomic E-state index is 0.986. The first-order valence-corrected chi connectivity index (χ1v) is 4.77. The van der Waals surface area contributed by atoms with E-state index >= 15 is 0 Å². The van der Waals surface area contributed by atoms with E-state index in [1.807, 2.05) is 0 Å². The number of hydrogen-bond donors (Lipinski definition) is 1. The average Bonchev–Trinajstić information content (AvgIpc) is 2.47. The Morgan fingerprint density at radius 2 is 1.86 bits per heavy atom. The van der Waals surface area contributed by atoms with Crippen molar-refractivity contribution in [2.75, 3.05) is 7.11 Å². The Balaban J connectivity index is 2.84. The maximum Gasteiger partial charge on any atom is 0.126 e. The Kier molecular flexibility index (Phi) is 1.99. The lowest BCUT2D eigenvalue weighted by Crippen LogP contribution is -1.91. The van der Waals surface area contributed by atoms with Gasteiger partial charge in [-0.2, -0.15) is 0 Å². The topological polar surface area (TPSA) is 25.0 Å². The van der Waals surface area contributed by atoms with Gasteiger partial charge in [-0.25, -0.2) is 0 Å². The summed E-state index contributed by atoms with van der Waals surface area (Å²) in [7, 11) is 1.72. The van der Waals surface area contributed by atoms with E-state index in [-0.39, 0.29) is 0 Å². The van der Waals surface area contributed by atoms with Crippen molar-refractivity contribution in [1.29, 1.82) is 0 Å². The minimum Gasteiger partial charge on any atom is -0.496 e. The van der Waals surface area contributed by atoms with Crippen LogP contribution in [0.15, 0.2) is 12.1 Å². The molecule has 0 atom stereocenters. The van der Waals surface area contributed by atoms with Crippen molar-refractivity contribution in [3.8, 4) is 5.75 Å². The first kappa shape index (κ1) is 9.13. The summed E-state index contributed by atoms with van der Waals surface area (Å²) in [4.78, 5) is 3.35. The molecule has 0 aliphatic heterocycles. The Labute approximate surface area is 83.9 Å².